The molecule has 1 heterocycles. The average Bonchev–Trinajstić information content (AvgIpc) is 3.53. The molecule has 0 aromatic heterocycles. The minimum atomic E-state index is -0.170. The fourth-order valence-electron chi connectivity index (χ4n) is 12.2. The number of nitrogens with zero attached hydrogens (tertiary/aromatic N) is 1. The van der Waals surface area contributed by atoms with E-state index >= 15 is 0 Å². The molecule has 1 aromatic carbocycles. The van der Waals surface area contributed by atoms with Gasteiger partial charge < -0.3 is 14.4 Å². The number of halogens is 1. The monoisotopic (exact) mass is 638 g/mol. The molecule has 4 saturated carbocycles. The molecule has 3 nitrogen and oxygen atoms in total. The van der Waals surface area contributed by atoms with E-state index in [0.29, 0.717) is 41.7 Å². The Balaban J connectivity index is 1.02. The van der Waals surface area contributed by atoms with E-state index in [2.05, 4.69) is 46.4 Å². The maximum Gasteiger partial charge on any atom is 0.123 e. The predicted molar refractivity (Wildman–Crippen MR) is 188 cm³/mol. The van der Waals surface area contributed by atoms with Crippen molar-refractivity contribution in [2.75, 3.05) is 19.6 Å². The van der Waals surface area contributed by atoms with Crippen LogP contribution in [0.5, 0.6) is 0 Å². The maximum absolute atomic E-state index is 13.4. The number of hydrogen-bond donors (Lipinski definition) is 0. The van der Waals surface area contributed by atoms with E-state index in [1.54, 1.807) is 12.1 Å². The molecule has 1 aliphatic heterocycles. The molecule has 0 spiro atoms. The average molecular weight is 638 g/mol. The Morgan fingerprint density at radius 3 is 2.37 bits per heavy atom. The topological polar surface area (TPSA) is 21.7 Å². The third kappa shape index (κ3) is 7.02. The first-order valence-corrected chi connectivity index (χ1v) is 19.9. The minimum absolute atomic E-state index is 0.170. The second kappa shape index (κ2) is 14.9. The van der Waals surface area contributed by atoms with E-state index in [-0.39, 0.29) is 5.82 Å². The molecular formula is C42H68FNO2. The Morgan fingerprint density at radius 2 is 1.65 bits per heavy atom. The van der Waals surface area contributed by atoms with Crippen LogP contribution in [0.3, 0.4) is 0 Å². The van der Waals surface area contributed by atoms with E-state index < -0.39 is 0 Å². The lowest BCUT2D eigenvalue weighted by molar-refractivity contribution is -0.139. The highest BCUT2D eigenvalue weighted by Crippen LogP contribution is 2.70. The maximum atomic E-state index is 13.4. The van der Waals surface area contributed by atoms with Crippen LogP contribution in [0.15, 0.2) is 24.3 Å². The van der Waals surface area contributed by atoms with Gasteiger partial charge in [-0.25, -0.2) is 4.39 Å². The molecule has 0 amide bonds. The number of benzene rings is 1. The van der Waals surface area contributed by atoms with Crippen molar-refractivity contribution >= 4 is 0 Å². The van der Waals surface area contributed by atoms with Gasteiger partial charge in [-0.15, -0.1) is 0 Å². The fraction of sp³-hybridized carbons (Fsp3) is 0.857. The molecule has 5 aliphatic rings. The lowest BCUT2D eigenvalue weighted by Gasteiger charge is -2.61. The normalized spacial score (nSPS) is 40.7. The van der Waals surface area contributed by atoms with Crippen LogP contribution in [0, 0.1) is 58.1 Å². The van der Waals surface area contributed by atoms with Crippen molar-refractivity contribution in [1.29, 1.82) is 0 Å². The van der Waals surface area contributed by atoms with Crippen molar-refractivity contribution in [3.63, 3.8) is 0 Å². The van der Waals surface area contributed by atoms with Crippen LogP contribution in [0.1, 0.15) is 137 Å². The van der Waals surface area contributed by atoms with Crippen LogP contribution in [-0.4, -0.2) is 42.8 Å². The molecular weight excluding hydrogens is 569 g/mol. The van der Waals surface area contributed by atoms with Gasteiger partial charge in [-0.05, 0) is 160 Å². The van der Waals surface area contributed by atoms with Crippen molar-refractivity contribution in [1.82, 2.24) is 4.90 Å². The molecule has 1 aromatic rings. The van der Waals surface area contributed by atoms with Crippen molar-refractivity contribution < 1.29 is 13.9 Å². The molecule has 4 aliphatic carbocycles. The van der Waals surface area contributed by atoms with Crippen LogP contribution in [0.2, 0.25) is 0 Å². The first-order chi connectivity index (χ1) is 22.2. The summed E-state index contributed by atoms with van der Waals surface area (Å²) in [6.07, 6.45) is 19.8. The molecule has 0 N–H and O–H groups in total. The van der Waals surface area contributed by atoms with Gasteiger partial charge in [0.15, 0.2) is 0 Å². The fourth-order valence-corrected chi connectivity index (χ4v) is 12.2. The van der Waals surface area contributed by atoms with Gasteiger partial charge in [0.25, 0.3) is 0 Å². The predicted octanol–water partition coefficient (Wildman–Crippen LogP) is 10.7. The molecule has 0 unspecified atom stereocenters. The summed E-state index contributed by atoms with van der Waals surface area (Å²) >= 11 is 0. The number of fused-ring (bicyclic) bond motifs is 7. The van der Waals surface area contributed by atoms with Crippen molar-refractivity contribution in [2.24, 2.45) is 52.3 Å². The number of hydrogen-bond acceptors (Lipinski definition) is 3. The molecule has 12 atom stereocenters. The standard InChI is InChI=1S/C42H68FNO2/c1-7-9-23-44(24-10-8-2)27-29(3)11-18-38-30(4)40-39(46-38)26-37-35-17-14-32-25-34(45-28-31-12-15-33(43)16-13-31)19-21-41(32,5)36(35)20-22-42(37,40)6/h12-13,15-16,29-30,32,34-40H,7-11,14,17-28H2,1-6H3/t29-,30+,32+,34-,35+,36-,37-,38+,39-,40-,41-,42-/m0/s1. The summed E-state index contributed by atoms with van der Waals surface area (Å²) in [7, 11) is 0. The van der Waals surface area contributed by atoms with Gasteiger partial charge in [0.05, 0.1) is 24.9 Å². The highest BCUT2D eigenvalue weighted by molar-refractivity contribution is 5.16. The Hall–Kier alpha value is -0.970. The van der Waals surface area contributed by atoms with Gasteiger partial charge in [0.1, 0.15) is 5.82 Å². The zero-order valence-electron chi connectivity index (χ0n) is 30.5. The summed E-state index contributed by atoms with van der Waals surface area (Å²) < 4.78 is 26.9. The van der Waals surface area contributed by atoms with E-state index in [1.807, 2.05) is 12.1 Å². The van der Waals surface area contributed by atoms with Crippen LogP contribution in [-0.2, 0) is 16.1 Å². The van der Waals surface area contributed by atoms with Crippen LogP contribution in [0.4, 0.5) is 4.39 Å². The van der Waals surface area contributed by atoms with Crippen molar-refractivity contribution in [3.05, 3.63) is 35.6 Å². The molecule has 260 valence electrons. The van der Waals surface area contributed by atoms with Gasteiger partial charge in [-0.1, -0.05) is 66.5 Å². The molecule has 1 saturated heterocycles. The van der Waals surface area contributed by atoms with E-state index in [1.165, 1.54) is 110 Å². The Kier molecular flexibility index (Phi) is 11.3. The second-order valence-corrected chi connectivity index (χ2v) is 17.6. The first kappa shape index (κ1) is 34.9. The molecule has 0 radical (unpaired) electrons. The van der Waals surface area contributed by atoms with Gasteiger partial charge >= 0.3 is 0 Å². The first-order valence-electron chi connectivity index (χ1n) is 19.9. The lowest BCUT2D eigenvalue weighted by Crippen LogP contribution is -2.54. The molecule has 5 fully saturated rings. The molecule has 4 heteroatoms. The van der Waals surface area contributed by atoms with E-state index in [9.17, 15) is 4.39 Å². The number of unbranched alkanes of at least 4 members (excludes halogenated alkanes) is 2. The molecule has 0 bridgehead atoms. The number of rotatable bonds is 14. The summed E-state index contributed by atoms with van der Waals surface area (Å²) in [6.45, 7) is 19.5. The Bertz CT molecular complexity index is 1100. The zero-order chi connectivity index (χ0) is 32.5. The summed E-state index contributed by atoms with van der Waals surface area (Å²) in [6, 6.07) is 6.84. The summed E-state index contributed by atoms with van der Waals surface area (Å²) in [5.41, 5.74) is 2.01. The van der Waals surface area contributed by atoms with Gasteiger partial charge in [-0.3, -0.25) is 0 Å². The van der Waals surface area contributed by atoms with Crippen molar-refractivity contribution in [2.45, 2.75) is 156 Å². The van der Waals surface area contributed by atoms with Crippen molar-refractivity contribution in [3.8, 4) is 0 Å². The Labute approximate surface area is 282 Å². The highest BCUT2D eigenvalue weighted by atomic mass is 19.1. The van der Waals surface area contributed by atoms with E-state index in [4.69, 9.17) is 9.47 Å². The van der Waals surface area contributed by atoms with Crippen LogP contribution in [0.25, 0.3) is 0 Å². The number of ether oxygens (including phenoxy) is 2. The summed E-state index contributed by atoms with van der Waals surface area (Å²) in [4.78, 5) is 2.75. The quantitative estimate of drug-likeness (QED) is 0.203. The van der Waals surface area contributed by atoms with Crippen LogP contribution >= 0.6 is 0 Å². The summed E-state index contributed by atoms with van der Waals surface area (Å²) in [5, 5.41) is 0. The smallest absolute Gasteiger partial charge is 0.123 e. The third-order valence-electron chi connectivity index (χ3n) is 14.8. The van der Waals surface area contributed by atoms with Gasteiger partial charge in [0, 0.05) is 6.54 Å². The third-order valence-corrected chi connectivity index (χ3v) is 14.8. The molecule has 46 heavy (non-hydrogen) atoms. The molecule has 6 rings (SSSR count). The zero-order valence-corrected chi connectivity index (χ0v) is 30.5. The van der Waals surface area contributed by atoms with Crippen LogP contribution < -0.4 is 0 Å². The minimum Gasteiger partial charge on any atom is -0.374 e. The largest absolute Gasteiger partial charge is 0.374 e. The second-order valence-electron chi connectivity index (χ2n) is 17.6. The van der Waals surface area contributed by atoms with Gasteiger partial charge in [0.2, 0.25) is 0 Å². The van der Waals surface area contributed by atoms with Gasteiger partial charge in [-0.2, -0.15) is 0 Å². The lowest BCUT2D eigenvalue weighted by atomic mass is 9.44. The highest BCUT2D eigenvalue weighted by Gasteiger charge is 2.65. The summed E-state index contributed by atoms with van der Waals surface area (Å²) in [5.74, 6) is 5.42. The Morgan fingerprint density at radius 1 is 0.935 bits per heavy atom. The SMILES string of the molecule is CCCCN(CCCC)C[C@@H](C)CC[C@H]1O[C@H]2C[C@H]3[C@@H]4CC[C@@H]5C[C@@H](OCc6ccc(F)cc6)CC[C@]5(C)[C@H]4CC[C@]3(C)[C@H]2[C@@H]1C. The van der Waals surface area contributed by atoms with E-state index in [0.717, 1.165) is 41.1 Å².